The van der Waals surface area contributed by atoms with Crippen molar-refractivity contribution in [3.05, 3.63) is 68.4 Å². The minimum Gasteiger partial charge on any atom is -0.495 e. The zero-order valence-corrected chi connectivity index (χ0v) is 19.1. The van der Waals surface area contributed by atoms with E-state index in [0.717, 1.165) is 22.6 Å². The van der Waals surface area contributed by atoms with Gasteiger partial charge in [-0.2, -0.15) is 5.10 Å². The van der Waals surface area contributed by atoms with Crippen LogP contribution in [0.5, 0.6) is 5.75 Å². The van der Waals surface area contributed by atoms with Gasteiger partial charge in [0, 0.05) is 5.02 Å². The topological polar surface area (TPSA) is 51.1 Å². The molecule has 0 bridgehead atoms. The molecule has 2 aromatic carbocycles. The van der Waals surface area contributed by atoms with Gasteiger partial charge in [0.1, 0.15) is 5.75 Å². The van der Waals surface area contributed by atoms with Gasteiger partial charge in [0.2, 0.25) is 0 Å². The highest BCUT2D eigenvalue weighted by Gasteiger charge is 2.14. The first-order valence-electron chi connectivity index (χ1n) is 8.68. The number of nitrogens with zero attached hydrogens (tertiary/aromatic N) is 2. The Kier molecular flexibility index (Phi) is 6.90. The van der Waals surface area contributed by atoms with Crippen molar-refractivity contribution in [2.24, 2.45) is 0 Å². The number of aryl methyl sites for hydroxylation is 1. The first-order valence-corrected chi connectivity index (χ1v) is 10.2. The van der Waals surface area contributed by atoms with Crippen molar-refractivity contribution in [3.63, 3.8) is 0 Å². The highest BCUT2D eigenvalue weighted by atomic mass is 35.5. The smallest absolute Gasteiger partial charge is 0.175 e. The molecule has 0 amide bonds. The molecular weight excluding hydrogens is 451 g/mol. The predicted molar refractivity (Wildman–Crippen MR) is 125 cm³/mol. The minimum absolute atomic E-state index is 0.408. The monoisotopic (exact) mass is 468 g/mol. The van der Waals surface area contributed by atoms with Gasteiger partial charge < -0.3 is 15.4 Å². The zero-order chi connectivity index (χ0) is 21.1. The highest BCUT2D eigenvalue weighted by molar-refractivity contribution is 7.80. The van der Waals surface area contributed by atoms with Crippen LogP contribution in [0.4, 0.5) is 11.4 Å². The fraction of sp³-hybridized carbons (Fsp3) is 0.200. The van der Waals surface area contributed by atoms with Crippen molar-refractivity contribution in [2.45, 2.75) is 20.4 Å². The molecule has 0 saturated heterocycles. The van der Waals surface area contributed by atoms with Crippen molar-refractivity contribution in [2.75, 3.05) is 17.7 Å². The van der Waals surface area contributed by atoms with Gasteiger partial charge >= 0.3 is 0 Å². The number of anilines is 2. The van der Waals surface area contributed by atoms with Crippen LogP contribution < -0.4 is 15.4 Å². The van der Waals surface area contributed by atoms with Crippen molar-refractivity contribution in [1.82, 2.24) is 9.78 Å². The van der Waals surface area contributed by atoms with Crippen LogP contribution in [0, 0.1) is 13.8 Å². The van der Waals surface area contributed by atoms with Crippen LogP contribution in [-0.2, 0) is 6.54 Å². The van der Waals surface area contributed by atoms with Gasteiger partial charge in [-0.3, -0.25) is 4.68 Å². The third-order valence-corrected chi connectivity index (χ3v) is 5.52. The molecule has 2 N–H and O–H groups in total. The van der Waals surface area contributed by atoms with Gasteiger partial charge in [-0.05, 0) is 62.0 Å². The van der Waals surface area contributed by atoms with E-state index in [-0.39, 0.29) is 0 Å². The molecule has 1 heterocycles. The Morgan fingerprint density at radius 2 is 1.83 bits per heavy atom. The molecule has 29 heavy (non-hydrogen) atoms. The summed E-state index contributed by atoms with van der Waals surface area (Å²) in [4.78, 5) is 0. The van der Waals surface area contributed by atoms with E-state index in [1.807, 2.05) is 30.7 Å². The first-order chi connectivity index (χ1) is 13.8. The van der Waals surface area contributed by atoms with E-state index in [1.165, 1.54) is 0 Å². The Balaban J connectivity index is 1.77. The summed E-state index contributed by atoms with van der Waals surface area (Å²) in [7, 11) is 1.59. The van der Waals surface area contributed by atoms with E-state index in [2.05, 4.69) is 15.7 Å². The third kappa shape index (κ3) is 5.14. The van der Waals surface area contributed by atoms with Crippen LogP contribution in [0.3, 0.4) is 0 Å². The lowest BCUT2D eigenvalue weighted by Gasteiger charge is -2.14. The Morgan fingerprint density at radius 3 is 2.52 bits per heavy atom. The molecule has 0 saturated carbocycles. The molecule has 0 spiro atoms. The maximum Gasteiger partial charge on any atom is 0.175 e. The van der Waals surface area contributed by atoms with Crippen LogP contribution in [0.15, 0.2) is 36.4 Å². The van der Waals surface area contributed by atoms with E-state index in [0.29, 0.717) is 38.2 Å². The Morgan fingerprint density at radius 1 is 1.07 bits per heavy atom. The van der Waals surface area contributed by atoms with Crippen LogP contribution in [-0.4, -0.2) is 22.0 Å². The molecule has 0 unspecified atom stereocenters. The number of hydrogen-bond donors (Lipinski definition) is 2. The summed E-state index contributed by atoms with van der Waals surface area (Å²) in [5.74, 6) is 0.641. The lowest BCUT2D eigenvalue weighted by atomic mass is 10.2. The fourth-order valence-electron chi connectivity index (χ4n) is 2.89. The van der Waals surface area contributed by atoms with Crippen LogP contribution in [0.1, 0.15) is 17.0 Å². The maximum atomic E-state index is 6.12. The molecule has 5 nitrogen and oxygen atoms in total. The summed E-state index contributed by atoms with van der Waals surface area (Å²) >= 11 is 23.7. The zero-order valence-electron chi connectivity index (χ0n) is 16.0. The number of hydrogen-bond acceptors (Lipinski definition) is 3. The SMILES string of the molecule is COc1ccc(Cl)cc1NC(=S)Nc1c(C)nn(Cc2ccc(Cl)c(Cl)c2)c1C. The summed E-state index contributed by atoms with van der Waals surface area (Å²) in [6.07, 6.45) is 0. The van der Waals surface area contributed by atoms with Gasteiger partial charge in [0.25, 0.3) is 0 Å². The minimum atomic E-state index is 0.408. The summed E-state index contributed by atoms with van der Waals surface area (Å²) in [5.41, 5.74) is 4.28. The maximum absolute atomic E-state index is 6.12. The number of halogens is 3. The molecule has 0 fully saturated rings. The number of ether oxygens (including phenoxy) is 1. The largest absolute Gasteiger partial charge is 0.495 e. The summed E-state index contributed by atoms with van der Waals surface area (Å²) in [6.45, 7) is 4.46. The van der Waals surface area contributed by atoms with Crippen LogP contribution in [0.25, 0.3) is 0 Å². The average Bonchev–Trinajstić information content (AvgIpc) is 2.92. The quantitative estimate of drug-likeness (QED) is 0.428. The standard InChI is InChI=1S/C20H19Cl3N4OS/c1-11-19(25-20(29)24-17-9-14(21)5-7-18(17)28-3)12(2)27(26-11)10-13-4-6-15(22)16(23)8-13/h4-9H,10H2,1-3H3,(H2,24,25,29). The van der Waals surface area contributed by atoms with Gasteiger partial charge in [0.15, 0.2) is 5.11 Å². The lowest BCUT2D eigenvalue weighted by molar-refractivity contribution is 0.417. The van der Waals surface area contributed by atoms with Crippen molar-refractivity contribution in [1.29, 1.82) is 0 Å². The number of methoxy groups -OCH3 is 1. The second-order valence-electron chi connectivity index (χ2n) is 6.38. The molecular formula is C20H19Cl3N4OS. The highest BCUT2D eigenvalue weighted by Crippen LogP contribution is 2.29. The Bertz CT molecular complexity index is 1070. The molecule has 152 valence electrons. The molecule has 3 aromatic rings. The van der Waals surface area contributed by atoms with E-state index >= 15 is 0 Å². The fourth-order valence-corrected chi connectivity index (χ4v) is 3.59. The number of nitrogens with one attached hydrogen (secondary N) is 2. The average molecular weight is 470 g/mol. The van der Waals surface area contributed by atoms with E-state index in [1.54, 1.807) is 31.4 Å². The van der Waals surface area contributed by atoms with E-state index in [4.69, 9.17) is 51.8 Å². The van der Waals surface area contributed by atoms with E-state index < -0.39 is 0 Å². The lowest BCUT2D eigenvalue weighted by Crippen LogP contribution is -2.20. The second-order valence-corrected chi connectivity index (χ2v) is 8.03. The van der Waals surface area contributed by atoms with Gasteiger partial charge in [-0.1, -0.05) is 40.9 Å². The summed E-state index contributed by atoms with van der Waals surface area (Å²) in [5, 5.41) is 13.0. The molecule has 0 atom stereocenters. The molecule has 1 aromatic heterocycles. The third-order valence-electron chi connectivity index (χ3n) is 4.35. The first kappa shape index (κ1) is 21.7. The summed E-state index contributed by atoms with van der Waals surface area (Å²) < 4.78 is 7.23. The molecule has 3 rings (SSSR count). The summed E-state index contributed by atoms with van der Waals surface area (Å²) in [6, 6.07) is 10.8. The Labute approximate surface area is 189 Å². The molecule has 0 radical (unpaired) electrons. The Hall–Kier alpha value is -1.99. The van der Waals surface area contributed by atoms with Gasteiger partial charge in [-0.15, -0.1) is 0 Å². The van der Waals surface area contributed by atoms with Crippen molar-refractivity contribution < 1.29 is 4.74 Å². The molecule has 0 aliphatic heterocycles. The second kappa shape index (κ2) is 9.22. The number of aromatic nitrogens is 2. The van der Waals surface area contributed by atoms with Crippen molar-refractivity contribution in [3.8, 4) is 5.75 Å². The van der Waals surface area contributed by atoms with E-state index in [9.17, 15) is 0 Å². The number of benzene rings is 2. The van der Waals surface area contributed by atoms with Crippen LogP contribution in [0.2, 0.25) is 15.1 Å². The van der Waals surface area contributed by atoms with Crippen molar-refractivity contribution >= 4 is 63.5 Å². The number of thiocarbonyl (C=S) groups is 1. The van der Waals surface area contributed by atoms with Gasteiger partial charge in [0.05, 0.1) is 46.5 Å². The molecule has 0 aliphatic carbocycles. The predicted octanol–water partition coefficient (Wildman–Crippen LogP) is 6.33. The molecule has 0 aliphatic rings. The molecule has 9 heteroatoms. The van der Waals surface area contributed by atoms with Gasteiger partial charge in [-0.25, -0.2) is 0 Å². The normalized spacial score (nSPS) is 10.7. The van der Waals surface area contributed by atoms with Crippen LogP contribution >= 0.6 is 47.0 Å². The number of rotatable bonds is 5.